The van der Waals surface area contributed by atoms with Gasteiger partial charge in [-0.25, -0.2) is 18.1 Å². The summed E-state index contributed by atoms with van der Waals surface area (Å²) in [5.41, 5.74) is 0. The second-order valence-electron chi connectivity index (χ2n) is 4.06. The highest BCUT2D eigenvalue weighted by Crippen LogP contribution is 2.32. The highest BCUT2D eigenvalue weighted by molar-refractivity contribution is 7.89. The summed E-state index contributed by atoms with van der Waals surface area (Å²) >= 11 is 0. The van der Waals surface area contributed by atoms with Crippen LogP contribution in [0.4, 0.5) is 0 Å². The molecule has 1 aliphatic rings. The lowest BCUT2D eigenvalue weighted by molar-refractivity contribution is 0.171. The molecule has 9 heteroatoms. The molecule has 0 saturated carbocycles. The lowest BCUT2D eigenvalue weighted by atomic mass is 10.3. The molecule has 2 N–H and O–H groups in total. The number of ether oxygens (including phenoxy) is 2. The van der Waals surface area contributed by atoms with Crippen molar-refractivity contribution in [2.75, 3.05) is 13.2 Å². The molecule has 0 bridgehead atoms. The first kappa shape index (κ1) is 12.9. The molecular formula is C11H12N4O4S. The van der Waals surface area contributed by atoms with Gasteiger partial charge in [0.1, 0.15) is 25.4 Å². The second-order valence-corrected chi connectivity index (χ2v) is 5.83. The molecule has 0 atom stereocenters. The summed E-state index contributed by atoms with van der Waals surface area (Å²) in [5.74, 6) is 1.41. The third-order valence-corrected chi connectivity index (χ3v) is 4.12. The van der Waals surface area contributed by atoms with Gasteiger partial charge in [-0.05, 0) is 12.1 Å². The van der Waals surface area contributed by atoms with Gasteiger partial charge in [-0.1, -0.05) is 0 Å². The standard InChI is InChI=1S/C11H12N4O4S/c16-20(17,14-6-11-12-7-13-15-11)8-1-2-9-10(5-8)19-4-3-18-9/h1-2,5,7,14H,3-4,6H2,(H,12,13,15). The highest BCUT2D eigenvalue weighted by Gasteiger charge is 2.19. The molecule has 0 fully saturated rings. The molecular weight excluding hydrogens is 284 g/mol. The molecule has 0 amide bonds. The molecule has 2 aromatic rings. The molecule has 1 aromatic heterocycles. The van der Waals surface area contributed by atoms with Crippen molar-refractivity contribution in [1.82, 2.24) is 19.9 Å². The van der Waals surface area contributed by atoms with E-state index in [-0.39, 0.29) is 11.4 Å². The van der Waals surface area contributed by atoms with E-state index in [2.05, 4.69) is 19.9 Å². The number of H-pyrrole nitrogens is 1. The third-order valence-electron chi connectivity index (χ3n) is 2.72. The Hall–Kier alpha value is -2.13. The van der Waals surface area contributed by atoms with Gasteiger partial charge in [0.2, 0.25) is 10.0 Å². The zero-order valence-corrected chi connectivity index (χ0v) is 11.2. The fraction of sp³-hybridized carbons (Fsp3) is 0.273. The van der Waals surface area contributed by atoms with Crippen molar-refractivity contribution in [2.24, 2.45) is 0 Å². The number of aromatic amines is 1. The van der Waals surface area contributed by atoms with Gasteiger partial charge >= 0.3 is 0 Å². The molecule has 1 aromatic carbocycles. The zero-order valence-electron chi connectivity index (χ0n) is 10.4. The van der Waals surface area contributed by atoms with E-state index < -0.39 is 10.0 Å². The van der Waals surface area contributed by atoms with Crippen molar-refractivity contribution >= 4 is 10.0 Å². The molecule has 0 spiro atoms. The van der Waals surface area contributed by atoms with E-state index in [9.17, 15) is 8.42 Å². The van der Waals surface area contributed by atoms with Crippen LogP contribution in [0.15, 0.2) is 29.4 Å². The summed E-state index contributed by atoms with van der Waals surface area (Å²) in [4.78, 5) is 3.96. The Morgan fingerprint density at radius 2 is 2.05 bits per heavy atom. The molecule has 20 heavy (non-hydrogen) atoms. The predicted octanol–water partition coefficient (Wildman–Crippen LogP) is 0.0544. The van der Waals surface area contributed by atoms with E-state index in [1.165, 1.54) is 18.5 Å². The Bertz CT molecular complexity index is 699. The van der Waals surface area contributed by atoms with Crippen LogP contribution in [0.3, 0.4) is 0 Å². The average molecular weight is 296 g/mol. The van der Waals surface area contributed by atoms with Crippen LogP contribution in [0.2, 0.25) is 0 Å². The van der Waals surface area contributed by atoms with Crippen LogP contribution in [0, 0.1) is 0 Å². The average Bonchev–Trinajstić information content (AvgIpc) is 2.98. The van der Waals surface area contributed by atoms with E-state index in [1.54, 1.807) is 6.07 Å². The molecule has 3 rings (SSSR count). The Labute approximate surface area is 115 Å². The summed E-state index contributed by atoms with van der Waals surface area (Å²) in [6.45, 7) is 0.904. The SMILES string of the molecule is O=S(=O)(NCc1ncn[nH]1)c1ccc2c(c1)OCCO2. The van der Waals surface area contributed by atoms with Crippen LogP contribution in [0.1, 0.15) is 5.82 Å². The van der Waals surface area contributed by atoms with Crippen LogP contribution in [-0.4, -0.2) is 36.8 Å². The topological polar surface area (TPSA) is 106 Å². The van der Waals surface area contributed by atoms with Crippen molar-refractivity contribution in [3.05, 3.63) is 30.4 Å². The van der Waals surface area contributed by atoms with Gasteiger partial charge in [0, 0.05) is 6.07 Å². The Morgan fingerprint density at radius 3 is 2.80 bits per heavy atom. The number of aromatic nitrogens is 3. The smallest absolute Gasteiger partial charge is 0.241 e. The van der Waals surface area contributed by atoms with Gasteiger partial charge in [0.15, 0.2) is 11.5 Å². The monoisotopic (exact) mass is 296 g/mol. The predicted molar refractivity (Wildman–Crippen MR) is 67.8 cm³/mol. The number of sulfonamides is 1. The first-order valence-corrected chi connectivity index (χ1v) is 7.37. The lowest BCUT2D eigenvalue weighted by Crippen LogP contribution is -2.24. The summed E-state index contributed by atoms with van der Waals surface area (Å²) < 4.78 is 37.4. The first-order valence-electron chi connectivity index (χ1n) is 5.89. The van der Waals surface area contributed by atoms with Gasteiger partial charge in [-0.15, -0.1) is 0 Å². The maximum absolute atomic E-state index is 12.1. The van der Waals surface area contributed by atoms with Gasteiger partial charge < -0.3 is 9.47 Å². The van der Waals surface area contributed by atoms with Crippen molar-refractivity contribution in [2.45, 2.75) is 11.4 Å². The normalized spacial score (nSPS) is 14.2. The molecule has 0 radical (unpaired) electrons. The number of nitrogens with one attached hydrogen (secondary N) is 2. The van der Waals surface area contributed by atoms with E-state index in [0.717, 1.165) is 0 Å². The van der Waals surface area contributed by atoms with Crippen LogP contribution in [-0.2, 0) is 16.6 Å². The minimum atomic E-state index is -3.64. The summed E-state index contributed by atoms with van der Waals surface area (Å²) in [6, 6.07) is 4.49. The number of hydrogen-bond donors (Lipinski definition) is 2. The third kappa shape index (κ3) is 2.58. The van der Waals surface area contributed by atoms with E-state index >= 15 is 0 Å². The second kappa shape index (κ2) is 5.10. The van der Waals surface area contributed by atoms with E-state index in [0.29, 0.717) is 30.5 Å². The minimum absolute atomic E-state index is 0.0385. The van der Waals surface area contributed by atoms with Crippen LogP contribution < -0.4 is 14.2 Å². The summed E-state index contributed by atoms with van der Waals surface area (Å²) in [7, 11) is -3.64. The van der Waals surface area contributed by atoms with Crippen molar-refractivity contribution in [3.63, 3.8) is 0 Å². The largest absolute Gasteiger partial charge is 0.486 e. The Morgan fingerprint density at radius 1 is 1.25 bits per heavy atom. The maximum Gasteiger partial charge on any atom is 0.241 e. The minimum Gasteiger partial charge on any atom is -0.486 e. The molecule has 0 saturated heterocycles. The number of rotatable bonds is 4. The zero-order chi connectivity index (χ0) is 14.0. The van der Waals surface area contributed by atoms with Crippen molar-refractivity contribution in [3.8, 4) is 11.5 Å². The van der Waals surface area contributed by atoms with Crippen LogP contribution in [0.25, 0.3) is 0 Å². The molecule has 0 unspecified atom stereocenters. The maximum atomic E-state index is 12.1. The van der Waals surface area contributed by atoms with Crippen LogP contribution >= 0.6 is 0 Å². The quantitative estimate of drug-likeness (QED) is 0.826. The fourth-order valence-electron chi connectivity index (χ4n) is 1.75. The van der Waals surface area contributed by atoms with Gasteiger partial charge in [-0.3, -0.25) is 5.10 Å². The Balaban J connectivity index is 1.80. The fourth-order valence-corrected chi connectivity index (χ4v) is 2.76. The molecule has 1 aliphatic heterocycles. The first-order chi connectivity index (χ1) is 9.65. The molecule has 8 nitrogen and oxygen atoms in total. The van der Waals surface area contributed by atoms with E-state index in [1.807, 2.05) is 0 Å². The van der Waals surface area contributed by atoms with Crippen molar-refractivity contribution in [1.29, 1.82) is 0 Å². The lowest BCUT2D eigenvalue weighted by Gasteiger charge is -2.18. The van der Waals surface area contributed by atoms with E-state index in [4.69, 9.17) is 9.47 Å². The molecule has 2 heterocycles. The Kier molecular flexibility index (Phi) is 3.28. The van der Waals surface area contributed by atoms with Gasteiger partial charge in [-0.2, -0.15) is 5.10 Å². The van der Waals surface area contributed by atoms with Gasteiger partial charge in [0.05, 0.1) is 11.4 Å². The summed E-state index contributed by atoms with van der Waals surface area (Å²) in [5, 5.41) is 6.22. The molecule has 106 valence electrons. The number of benzene rings is 1. The van der Waals surface area contributed by atoms with Crippen LogP contribution in [0.5, 0.6) is 11.5 Å². The number of fused-ring (bicyclic) bond motifs is 1. The molecule has 0 aliphatic carbocycles. The summed E-state index contributed by atoms with van der Waals surface area (Å²) in [6.07, 6.45) is 1.31. The number of nitrogens with zero attached hydrogens (tertiary/aromatic N) is 2. The van der Waals surface area contributed by atoms with Crippen molar-refractivity contribution < 1.29 is 17.9 Å². The van der Waals surface area contributed by atoms with Gasteiger partial charge in [0.25, 0.3) is 0 Å². The highest BCUT2D eigenvalue weighted by atomic mass is 32.2. The number of hydrogen-bond acceptors (Lipinski definition) is 6.